The van der Waals surface area contributed by atoms with E-state index in [2.05, 4.69) is 5.32 Å². The van der Waals surface area contributed by atoms with E-state index in [0.29, 0.717) is 42.9 Å². The predicted octanol–water partition coefficient (Wildman–Crippen LogP) is 2.46. The van der Waals surface area contributed by atoms with E-state index in [4.69, 9.17) is 30.5 Å². The molecule has 2 aliphatic rings. The molecule has 33 heavy (non-hydrogen) atoms. The number of morpholine rings is 1. The van der Waals surface area contributed by atoms with Crippen LogP contribution in [0.3, 0.4) is 0 Å². The summed E-state index contributed by atoms with van der Waals surface area (Å²) in [5.41, 5.74) is 0.926. The summed E-state index contributed by atoms with van der Waals surface area (Å²) < 4.78 is 49.4. The zero-order valence-corrected chi connectivity index (χ0v) is 19.7. The van der Waals surface area contributed by atoms with Gasteiger partial charge in [-0.1, -0.05) is 11.6 Å². The van der Waals surface area contributed by atoms with Crippen molar-refractivity contribution < 1.29 is 32.2 Å². The van der Waals surface area contributed by atoms with Gasteiger partial charge in [-0.3, -0.25) is 4.79 Å². The summed E-state index contributed by atoms with van der Waals surface area (Å²) in [6.45, 7) is 2.34. The van der Waals surface area contributed by atoms with Gasteiger partial charge in [-0.05, 0) is 35.9 Å². The van der Waals surface area contributed by atoms with Crippen LogP contribution in [0.15, 0.2) is 35.2 Å². The second-order valence-electron chi connectivity index (χ2n) is 7.52. The first-order valence-electron chi connectivity index (χ1n) is 10.5. The molecule has 2 aliphatic heterocycles. The van der Waals surface area contributed by atoms with Crippen molar-refractivity contribution in [3.63, 3.8) is 0 Å². The summed E-state index contributed by atoms with van der Waals surface area (Å²) in [7, 11) is -2.46. The molecule has 4 rings (SSSR count). The fourth-order valence-corrected chi connectivity index (χ4v) is 5.49. The van der Waals surface area contributed by atoms with E-state index in [-0.39, 0.29) is 35.8 Å². The van der Waals surface area contributed by atoms with Gasteiger partial charge in [0.1, 0.15) is 10.6 Å². The summed E-state index contributed by atoms with van der Waals surface area (Å²) in [4.78, 5) is 12.8. The number of carbonyl (C=O) groups is 1. The van der Waals surface area contributed by atoms with Crippen molar-refractivity contribution in [3.05, 3.63) is 46.5 Å². The largest absolute Gasteiger partial charge is 0.495 e. The minimum atomic E-state index is -3.85. The molecule has 2 heterocycles. The first-order valence-corrected chi connectivity index (χ1v) is 12.3. The summed E-state index contributed by atoms with van der Waals surface area (Å²) in [6, 6.07) is 7.81. The van der Waals surface area contributed by atoms with Gasteiger partial charge in [-0.25, -0.2) is 8.42 Å². The second kappa shape index (κ2) is 10.2. The molecule has 1 N–H and O–H groups in total. The number of nitrogens with zero attached hydrogens (tertiary/aromatic N) is 1. The first kappa shape index (κ1) is 23.6. The van der Waals surface area contributed by atoms with E-state index in [1.165, 1.54) is 29.6 Å². The maximum absolute atomic E-state index is 13.1. The quantitative estimate of drug-likeness (QED) is 0.655. The van der Waals surface area contributed by atoms with Crippen molar-refractivity contribution in [2.75, 3.05) is 46.6 Å². The highest BCUT2D eigenvalue weighted by Crippen LogP contribution is 2.38. The van der Waals surface area contributed by atoms with Gasteiger partial charge in [-0.2, -0.15) is 4.31 Å². The van der Waals surface area contributed by atoms with Gasteiger partial charge in [-0.15, -0.1) is 0 Å². The minimum Gasteiger partial charge on any atom is -0.495 e. The molecule has 0 bridgehead atoms. The summed E-state index contributed by atoms with van der Waals surface area (Å²) in [5.74, 6) is 0.775. The standard InChI is InChI=1S/C22H25ClN2O7S/c1-29-18-4-3-16(13-20(18)33(27,28)25-5-9-30-10-6-25)22(26)24-14-15-11-17(23)21-19(12-15)31-7-2-8-32-21/h3-4,11-13H,2,5-10,14H2,1H3,(H,24,26). The first-order chi connectivity index (χ1) is 15.9. The third kappa shape index (κ3) is 5.19. The molecule has 0 radical (unpaired) electrons. The number of benzene rings is 2. The van der Waals surface area contributed by atoms with Crippen LogP contribution >= 0.6 is 11.6 Å². The highest BCUT2D eigenvalue weighted by Gasteiger charge is 2.30. The van der Waals surface area contributed by atoms with Gasteiger partial charge in [0.05, 0.1) is 38.6 Å². The molecule has 0 spiro atoms. The number of nitrogens with one attached hydrogen (secondary N) is 1. The smallest absolute Gasteiger partial charge is 0.251 e. The lowest BCUT2D eigenvalue weighted by molar-refractivity contribution is 0.0729. The molecule has 0 atom stereocenters. The SMILES string of the molecule is COc1ccc(C(=O)NCc2cc(Cl)c3c(c2)OCCCO3)cc1S(=O)(=O)N1CCOCC1. The zero-order chi connectivity index (χ0) is 23.4. The molecule has 2 aromatic rings. The van der Waals surface area contributed by atoms with Gasteiger partial charge < -0.3 is 24.3 Å². The Balaban J connectivity index is 1.53. The highest BCUT2D eigenvalue weighted by molar-refractivity contribution is 7.89. The molecule has 1 saturated heterocycles. The molecule has 178 valence electrons. The fraction of sp³-hybridized carbons (Fsp3) is 0.409. The van der Waals surface area contributed by atoms with Gasteiger partial charge in [0.2, 0.25) is 10.0 Å². The van der Waals surface area contributed by atoms with Crippen LogP contribution < -0.4 is 19.5 Å². The molecule has 0 saturated carbocycles. The van der Waals surface area contributed by atoms with Gasteiger partial charge in [0, 0.05) is 31.6 Å². The molecule has 1 amide bonds. The van der Waals surface area contributed by atoms with Crippen molar-refractivity contribution in [3.8, 4) is 17.2 Å². The molecule has 11 heteroatoms. The maximum atomic E-state index is 13.1. The lowest BCUT2D eigenvalue weighted by Crippen LogP contribution is -2.40. The number of fused-ring (bicyclic) bond motifs is 1. The third-order valence-corrected chi connectivity index (χ3v) is 7.53. The Morgan fingerprint density at radius 2 is 1.88 bits per heavy atom. The average molecular weight is 497 g/mol. The van der Waals surface area contributed by atoms with E-state index in [1.54, 1.807) is 12.1 Å². The Morgan fingerprint density at radius 1 is 1.12 bits per heavy atom. The molecule has 1 fully saturated rings. The third-order valence-electron chi connectivity index (χ3n) is 5.33. The van der Waals surface area contributed by atoms with Crippen molar-refractivity contribution in [2.24, 2.45) is 0 Å². The van der Waals surface area contributed by atoms with Crippen molar-refractivity contribution in [1.82, 2.24) is 9.62 Å². The van der Waals surface area contributed by atoms with E-state index in [0.717, 1.165) is 12.0 Å². The number of ether oxygens (including phenoxy) is 4. The van der Waals surface area contributed by atoms with Gasteiger partial charge in [0.15, 0.2) is 11.5 Å². The topological polar surface area (TPSA) is 103 Å². The van der Waals surface area contributed by atoms with Crippen molar-refractivity contribution in [2.45, 2.75) is 17.9 Å². The Kier molecular flexibility index (Phi) is 7.28. The maximum Gasteiger partial charge on any atom is 0.251 e. The van der Waals surface area contributed by atoms with Crippen LogP contribution in [-0.2, 0) is 21.3 Å². The summed E-state index contributed by atoms with van der Waals surface area (Å²) in [6.07, 6.45) is 0.754. The number of sulfonamides is 1. The predicted molar refractivity (Wildman–Crippen MR) is 121 cm³/mol. The number of carbonyl (C=O) groups excluding carboxylic acids is 1. The Bertz CT molecular complexity index is 1130. The number of rotatable bonds is 6. The van der Waals surface area contributed by atoms with Crippen LogP contribution in [0.5, 0.6) is 17.2 Å². The zero-order valence-electron chi connectivity index (χ0n) is 18.1. The van der Waals surface area contributed by atoms with Crippen molar-refractivity contribution in [1.29, 1.82) is 0 Å². The number of methoxy groups -OCH3 is 1. The summed E-state index contributed by atoms with van der Waals surface area (Å²) >= 11 is 6.32. The molecule has 2 aromatic carbocycles. The molecule has 0 aromatic heterocycles. The molecular weight excluding hydrogens is 472 g/mol. The van der Waals surface area contributed by atoms with Crippen LogP contribution in [0.1, 0.15) is 22.3 Å². The molecule has 9 nitrogen and oxygen atoms in total. The van der Waals surface area contributed by atoms with Crippen LogP contribution in [0.2, 0.25) is 5.02 Å². The van der Waals surface area contributed by atoms with Gasteiger partial charge >= 0.3 is 0 Å². The lowest BCUT2D eigenvalue weighted by Gasteiger charge is -2.26. The van der Waals surface area contributed by atoms with Crippen LogP contribution in [0.25, 0.3) is 0 Å². The van der Waals surface area contributed by atoms with Crippen LogP contribution in [0.4, 0.5) is 0 Å². The van der Waals surface area contributed by atoms with Crippen molar-refractivity contribution >= 4 is 27.5 Å². The monoisotopic (exact) mass is 496 g/mol. The molecule has 0 unspecified atom stereocenters. The van der Waals surface area contributed by atoms with Crippen LogP contribution in [0, 0.1) is 0 Å². The van der Waals surface area contributed by atoms with E-state index in [9.17, 15) is 13.2 Å². The number of hydrogen-bond donors (Lipinski definition) is 1. The lowest BCUT2D eigenvalue weighted by atomic mass is 10.1. The average Bonchev–Trinajstić information content (AvgIpc) is 3.08. The van der Waals surface area contributed by atoms with Crippen LogP contribution in [-0.4, -0.2) is 65.3 Å². The summed E-state index contributed by atoms with van der Waals surface area (Å²) in [5, 5.41) is 3.20. The Hall–Kier alpha value is -2.53. The van der Waals surface area contributed by atoms with E-state index >= 15 is 0 Å². The Morgan fingerprint density at radius 3 is 2.64 bits per heavy atom. The fourth-order valence-electron chi connectivity index (χ4n) is 3.62. The second-order valence-corrected chi connectivity index (χ2v) is 9.83. The molecule has 0 aliphatic carbocycles. The number of halogens is 1. The normalized spacial score (nSPS) is 16.7. The minimum absolute atomic E-state index is 0.0572. The van der Waals surface area contributed by atoms with E-state index < -0.39 is 15.9 Å². The van der Waals surface area contributed by atoms with Gasteiger partial charge in [0.25, 0.3) is 5.91 Å². The highest BCUT2D eigenvalue weighted by atomic mass is 35.5. The number of hydrogen-bond acceptors (Lipinski definition) is 7. The Labute approximate surface area is 197 Å². The molecular formula is C22H25ClN2O7S. The number of amides is 1. The van der Waals surface area contributed by atoms with E-state index in [1.807, 2.05) is 0 Å².